The van der Waals surface area contributed by atoms with Crippen LogP contribution >= 0.6 is 0 Å². The van der Waals surface area contributed by atoms with Gasteiger partial charge in [-0.1, -0.05) is 76.4 Å². The van der Waals surface area contributed by atoms with Crippen LogP contribution in [-0.4, -0.2) is 11.4 Å². The second-order valence-corrected chi connectivity index (χ2v) is 4.85. The number of aldehydes is 1. The summed E-state index contributed by atoms with van der Waals surface area (Å²) in [5, 5.41) is 8.66. The molecule has 21 heavy (non-hydrogen) atoms. The Bertz CT molecular complexity index is 331. The molecule has 0 radical (unpaired) electrons. The van der Waals surface area contributed by atoms with Gasteiger partial charge < -0.3 is 9.90 Å². The van der Waals surface area contributed by atoms with Crippen molar-refractivity contribution in [1.82, 2.24) is 0 Å². The highest BCUT2D eigenvalue weighted by molar-refractivity contribution is 5.44. The van der Waals surface area contributed by atoms with Gasteiger partial charge in [0, 0.05) is 6.42 Å². The van der Waals surface area contributed by atoms with Crippen molar-refractivity contribution in [3.8, 4) is 0 Å². The van der Waals surface area contributed by atoms with E-state index in [1.807, 2.05) is 0 Å². The van der Waals surface area contributed by atoms with Gasteiger partial charge in [-0.05, 0) is 25.3 Å². The molecule has 2 heteroatoms. The molecule has 0 amide bonds. The van der Waals surface area contributed by atoms with Gasteiger partial charge in [-0.3, -0.25) is 0 Å². The summed E-state index contributed by atoms with van der Waals surface area (Å²) in [6, 6.07) is 10.6. The number of rotatable bonds is 7. The molecule has 0 heterocycles. The minimum Gasteiger partial charge on any atom is -0.513 e. The second kappa shape index (κ2) is 18.4. The predicted octanol–water partition coefficient (Wildman–Crippen LogP) is 5.87. The summed E-state index contributed by atoms with van der Waals surface area (Å²) in [6.07, 6.45) is 8.80. The summed E-state index contributed by atoms with van der Waals surface area (Å²) in [5.74, 6) is 0.325. The standard InChI is InChI=1S/C9H12.C8H16O.C2H4O/c1-2-6-9-7-4-3-5-8-9;1-3-4-5-6-7-8(2)9;1-2-3/h3-5,7-8H,2,6H2,1H3;9H,2-7H2,1H3;2H,1H3. The van der Waals surface area contributed by atoms with Crippen LogP contribution in [0.3, 0.4) is 0 Å². The normalized spacial score (nSPS) is 8.71. The lowest BCUT2D eigenvalue weighted by Gasteiger charge is -1.96. The molecule has 1 rings (SSSR count). The van der Waals surface area contributed by atoms with Crippen LogP contribution in [-0.2, 0) is 11.2 Å². The monoisotopic (exact) mass is 292 g/mol. The van der Waals surface area contributed by atoms with Crippen LogP contribution in [0.2, 0.25) is 0 Å². The number of hydrogen-bond donors (Lipinski definition) is 1. The quantitative estimate of drug-likeness (QED) is 0.387. The Morgan fingerprint density at radius 2 is 1.67 bits per heavy atom. The van der Waals surface area contributed by atoms with Gasteiger partial charge in [0.15, 0.2) is 0 Å². The number of aliphatic hydroxyl groups excluding tert-OH is 1. The van der Waals surface area contributed by atoms with Crippen molar-refractivity contribution < 1.29 is 9.90 Å². The number of benzene rings is 1. The van der Waals surface area contributed by atoms with E-state index in [9.17, 15) is 0 Å². The van der Waals surface area contributed by atoms with E-state index in [-0.39, 0.29) is 0 Å². The van der Waals surface area contributed by atoms with Crippen molar-refractivity contribution in [2.24, 2.45) is 0 Å². The van der Waals surface area contributed by atoms with E-state index in [0.717, 1.165) is 19.1 Å². The molecule has 0 fully saturated rings. The molecule has 0 unspecified atom stereocenters. The number of carbonyl (C=O) groups excluding carboxylic acids is 1. The van der Waals surface area contributed by atoms with E-state index in [4.69, 9.17) is 9.90 Å². The van der Waals surface area contributed by atoms with Gasteiger partial charge >= 0.3 is 0 Å². The Morgan fingerprint density at radius 3 is 2.10 bits per heavy atom. The van der Waals surface area contributed by atoms with E-state index >= 15 is 0 Å². The average Bonchev–Trinajstić information content (AvgIpc) is 2.47. The molecule has 0 saturated heterocycles. The number of aryl methyl sites for hydroxylation is 1. The van der Waals surface area contributed by atoms with Crippen molar-refractivity contribution in [3.05, 3.63) is 48.2 Å². The first-order chi connectivity index (χ1) is 10.1. The van der Waals surface area contributed by atoms with E-state index in [1.165, 1.54) is 44.6 Å². The molecule has 0 aliphatic carbocycles. The first-order valence-electron chi connectivity index (χ1n) is 7.92. The fourth-order valence-corrected chi connectivity index (χ4v) is 1.69. The van der Waals surface area contributed by atoms with Crippen LogP contribution in [0, 0.1) is 0 Å². The Hall–Kier alpha value is -1.57. The van der Waals surface area contributed by atoms with Crippen LogP contribution < -0.4 is 0 Å². The van der Waals surface area contributed by atoms with Gasteiger partial charge in [-0.2, -0.15) is 0 Å². The highest BCUT2D eigenvalue weighted by atomic mass is 16.3. The molecule has 0 atom stereocenters. The molecule has 2 nitrogen and oxygen atoms in total. The topological polar surface area (TPSA) is 37.3 Å². The van der Waals surface area contributed by atoms with Crippen LogP contribution in [0.5, 0.6) is 0 Å². The van der Waals surface area contributed by atoms with Crippen molar-refractivity contribution in [3.63, 3.8) is 0 Å². The van der Waals surface area contributed by atoms with Gasteiger partial charge in [-0.25, -0.2) is 0 Å². The molecule has 0 aliphatic heterocycles. The molecule has 0 aliphatic rings. The lowest BCUT2D eigenvalue weighted by atomic mass is 10.1. The first-order valence-corrected chi connectivity index (χ1v) is 7.92. The van der Waals surface area contributed by atoms with Crippen LogP contribution in [0.4, 0.5) is 0 Å². The summed E-state index contributed by atoms with van der Waals surface area (Å²) < 4.78 is 0. The van der Waals surface area contributed by atoms with Crippen LogP contribution in [0.25, 0.3) is 0 Å². The number of unbranched alkanes of at least 4 members (excludes halogenated alkanes) is 3. The molecule has 0 saturated carbocycles. The zero-order chi connectivity index (χ0) is 16.3. The second-order valence-electron chi connectivity index (χ2n) is 4.85. The fraction of sp³-hybridized carbons (Fsp3) is 0.526. The molecular weight excluding hydrogens is 260 g/mol. The zero-order valence-electron chi connectivity index (χ0n) is 14.0. The molecule has 0 spiro atoms. The maximum absolute atomic E-state index is 8.81. The van der Waals surface area contributed by atoms with Crippen molar-refractivity contribution in [1.29, 1.82) is 0 Å². The Morgan fingerprint density at radius 1 is 1.10 bits per heavy atom. The molecule has 1 aromatic carbocycles. The van der Waals surface area contributed by atoms with Crippen molar-refractivity contribution in [2.75, 3.05) is 0 Å². The number of hydrogen-bond acceptors (Lipinski definition) is 2. The zero-order valence-corrected chi connectivity index (χ0v) is 14.0. The molecular formula is C19H32O2. The summed E-state index contributed by atoms with van der Waals surface area (Å²) >= 11 is 0. The van der Waals surface area contributed by atoms with E-state index in [0.29, 0.717) is 5.76 Å². The molecule has 120 valence electrons. The Balaban J connectivity index is 0. The third-order valence-electron chi connectivity index (χ3n) is 2.70. The van der Waals surface area contributed by atoms with Gasteiger partial charge in [0.25, 0.3) is 0 Å². The maximum atomic E-state index is 8.81. The van der Waals surface area contributed by atoms with E-state index in [1.54, 1.807) is 0 Å². The largest absolute Gasteiger partial charge is 0.513 e. The summed E-state index contributed by atoms with van der Waals surface area (Å²) in [6.45, 7) is 9.23. The van der Waals surface area contributed by atoms with E-state index < -0.39 is 0 Å². The fourth-order valence-electron chi connectivity index (χ4n) is 1.69. The molecule has 1 N–H and O–H groups in total. The molecule has 1 aromatic rings. The van der Waals surface area contributed by atoms with Gasteiger partial charge in [0.05, 0.1) is 5.76 Å². The van der Waals surface area contributed by atoms with Gasteiger partial charge in [0.2, 0.25) is 0 Å². The highest BCUT2D eigenvalue weighted by Gasteiger charge is 1.88. The van der Waals surface area contributed by atoms with Crippen LogP contribution in [0.1, 0.15) is 64.9 Å². The first kappa shape index (κ1) is 21.7. The molecule has 0 bridgehead atoms. The Kier molecular flexibility index (Phi) is 19.1. The highest BCUT2D eigenvalue weighted by Crippen LogP contribution is 2.05. The summed E-state index contributed by atoms with van der Waals surface area (Å²) in [5.41, 5.74) is 1.44. The van der Waals surface area contributed by atoms with Crippen LogP contribution in [0.15, 0.2) is 42.7 Å². The minimum atomic E-state index is 0.325. The summed E-state index contributed by atoms with van der Waals surface area (Å²) in [4.78, 5) is 8.81. The Labute approximate surface area is 130 Å². The lowest BCUT2D eigenvalue weighted by Crippen LogP contribution is -1.79. The third-order valence-corrected chi connectivity index (χ3v) is 2.70. The van der Waals surface area contributed by atoms with E-state index in [2.05, 4.69) is 50.8 Å². The third kappa shape index (κ3) is 20.9. The van der Waals surface area contributed by atoms with Gasteiger partial charge in [-0.15, -0.1) is 0 Å². The smallest absolute Gasteiger partial charge is 0.116 e. The number of allylic oxidation sites excluding steroid dienone is 1. The minimum absolute atomic E-state index is 0.325. The molecule has 0 aromatic heterocycles. The lowest BCUT2D eigenvalue weighted by molar-refractivity contribution is -0.106. The summed E-state index contributed by atoms with van der Waals surface area (Å²) in [7, 11) is 0. The van der Waals surface area contributed by atoms with Gasteiger partial charge in [0.1, 0.15) is 6.29 Å². The number of carbonyl (C=O) groups is 1. The van der Waals surface area contributed by atoms with Crippen molar-refractivity contribution >= 4 is 6.29 Å². The average molecular weight is 292 g/mol. The number of aliphatic hydroxyl groups is 1. The SMILES string of the molecule is C=C(O)CCCCCC.CC=O.CCCc1ccccc1. The maximum Gasteiger partial charge on any atom is 0.116 e. The predicted molar refractivity (Wildman–Crippen MR) is 92.7 cm³/mol. The van der Waals surface area contributed by atoms with Crippen molar-refractivity contribution in [2.45, 2.75) is 65.7 Å².